The van der Waals surface area contributed by atoms with Gasteiger partial charge in [-0.05, 0) is 26.9 Å². The van der Waals surface area contributed by atoms with Gasteiger partial charge in [0.2, 0.25) is 0 Å². The summed E-state index contributed by atoms with van der Waals surface area (Å²) in [6.07, 6.45) is 6.51. The number of likely N-dealkylation sites (tertiary alicyclic amines) is 1. The third kappa shape index (κ3) is 1.25. The first-order valence-electron chi connectivity index (χ1n) is 3.33. The van der Waals surface area contributed by atoms with Crippen molar-refractivity contribution in [2.75, 3.05) is 20.1 Å². The van der Waals surface area contributed by atoms with E-state index in [0.717, 1.165) is 19.5 Å². The van der Waals surface area contributed by atoms with Gasteiger partial charge in [0.25, 0.3) is 0 Å². The Bertz CT molecular complexity index is 145. The molecule has 0 bridgehead atoms. The fourth-order valence-electron chi connectivity index (χ4n) is 1.31. The van der Waals surface area contributed by atoms with Crippen LogP contribution in [-0.2, 0) is 0 Å². The molecule has 9 heavy (non-hydrogen) atoms. The lowest BCUT2D eigenvalue weighted by atomic mass is 9.91. The van der Waals surface area contributed by atoms with Gasteiger partial charge in [0.05, 0.1) is 0 Å². The minimum atomic E-state index is 0.161. The summed E-state index contributed by atoms with van der Waals surface area (Å²) < 4.78 is 0. The van der Waals surface area contributed by atoms with Crippen molar-refractivity contribution in [3.8, 4) is 12.3 Å². The zero-order chi connectivity index (χ0) is 6.91. The van der Waals surface area contributed by atoms with E-state index in [2.05, 4.69) is 24.8 Å². The van der Waals surface area contributed by atoms with Crippen LogP contribution >= 0.6 is 0 Å². The fraction of sp³-hybridized carbons (Fsp3) is 0.750. The maximum Gasteiger partial charge on any atom is 0.0422 e. The molecule has 0 spiro atoms. The van der Waals surface area contributed by atoms with Crippen LogP contribution in [0.25, 0.3) is 0 Å². The molecule has 0 radical (unpaired) electrons. The van der Waals surface area contributed by atoms with Crippen molar-refractivity contribution in [2.45, 2.75) is 13.3 Å². The van der Waals surface area contributed by atoms with E-state index in [1.54, 1.807) is 0 Å². The van der Waals surface area contributed by atoms with Gasteiger partial charge in [0.15, 0.2) is 0 Å². The van der Waals surface area contributed by atoms with Crippen LogP contribution in [0.3, 0.4) is 0 Å². The Morgan fingerprint density at radius 1 is 1.67 bits per heavy atom. The second kappa shape index (κ2) is 2.04. The van der Waals surface area contributed by atoms with Crippen molar-refractivity contribution >= 4 is 0 Å². The van der Waals surface area contributed by atoms with Gasteiger partial charge in [-0.25, -0.2) is 0 Å². The average molecular weight is 123 g/mol. The van der Waals surface area contributed by atoms with Crippen molar-refractivity contribution in [1.29, 1.82) is 0 Å². The third-order valence-corrected chi connectivity index (χ3v) is 2.01. The van der Waals surface area contributed by atoms with Crippen molar-refractivity contribution in [3.05, 3.63) is 0 Å². The molecule has 0 aromatic rings. The minimum Gasteiger partial charge on any atom is -0.305 e. The molecule has 1 atom stereocenters. The Balaban J connectivity index is 2.58. The minimum absolute atomic E-state index is 0.161. The van der Waals surface area contributed by atoms with Gasteiger partial charge in [-0.3, -0.25) is 0 Å². The predicted molar refractivity (Wildman–Crippen MR) is 39.1 cm³/mol. The molecule has 1 fully saturated rings. The molecule has 0 saturated carbocycles. The van der Waals surface area contributed by atoms with Gasteiger partial charge < -0.3 is 4.90 Å². The largest absolute Gasteiger partial charge is 0.305 e. The second-order valence-corrected chi connectivity index (χ2v) is 3.19. The second-order valence-electron chi connectivity index (χ2n) is 3.19. The van der Waals surface area contributed by atoms with Crippen LogP contribution < -0.4 is 0 Å². The Morgan fingerprint density at radius 2 is 2.33 bits per heavy atom. The highest BCUT2D eigenvalue weighted by Crippen LogP contribution is 2.27. The summed E-state index contributed by atoms with van der Waals surface area (Å²) in [5, 5.41) is 0. The number of nitrogens with zero attached hydrogens (tertiary/aromatic N) is 1. The first-order valence-corrected chi connectivity index (χ1v) is 3.33. The topological polar surface area (TPSA) is 3.24 Å². The van der Waals surface area contributed by atoms with Crippen LogP contribution in [0, 0.1) is 17.8 Å². The van der Waals surface area contributed by atoms with E-state index in [4.69, 9.17) is 6.42 Å². The molecule has 0 amide bonds. The number of hydrogen-bond acceptors (Lipinski definition) is 1. The summed E-state index contributed by atoms with van der Waals surface area (Å²) in [6.45, 7) is 4.36. The zero-order valence-electron chi connectivity index (χ0n) is 6.15. The van der Waals surface area contributed by atoms with Crippen LogP contribution in [-0.4, -0.2) is 25.0 Å². The zero-order valence-corrected chi connectivity index (χ0v) is 6.15. The van der Waals surface area contributed by atoms with E-state index in [0.29, 0.717) is 0 Å². The summed E-state index contributed by atoms with van der Waals surface area (Å²) in [6, 6.07) is 0. The monoisotopic (exact) mass is 123 g/mol. The molecular formula is C8H13N. The molecule has 0 aromatic heterocycles. The van der Waals surface area contributed by atoms with Crippen LogP contribution in [0.2, 0.25) is 0 Å². The van der Waals surface area contributed by atoms with Gasteiger partial charge in [-0.15, -0.1) is 6.42 Å². The van der Waals surface area contributed by atoms with E-state index in [1.165, 1.54) is 0 Å². The maximum absolute atomic E-state index is 5.35. The molecule has 0 N–H and O–H groups in total. The summed E-state index contributed by atoms with van der Waals surface area (Å²) in [5.74, 6) is 2.83. The summed E-state index contributed by atoms with van der Waals surface area (Å²) in [5.41, 5.74) is 0.161. The normalized spacial score (nSPS) is 36.6. The van der Waals surface area contributed by atoms with E-state index in [-0.39, 0.29) is 5.41 Å². The summed E-state index contributed by atoms with van der Waals surface area (Å²) in [7, 11) is 2.11. The highest BCUT2D eigenvalue weighted by Gasteiger charge is 2.29. The molecule has 1 heterocycles. The molecular weight excluding hydrogens is 110 g/mol. The highest BCUT2D eigenvalue weighted by atomic mass is 15.1. The average Bonchev–Trinajstić information content (AvgIpc) is 2.13. The Hall–Kier alpha value is -0.480. The summed E-state index contributed by atoms with van der Waals surface area (Å²) >= 11 is 0. The van der Waals surface area contributed by atoms with Crippen LogP contribution in [0.4, 0.5) is 0 Å². The lowest BCUT2D eigenvalue weighted by molar-refractivity contribution is 0.373. The Morgan fingerprint density at radius 3 is 2.56 bits per heavy atom. The Labute approximate surface area is 57.0 Å². The van der Waals surface area contributed by atoms with Gasteiger partial charge in [-0.2, -0.15) is 0 Å². The van der Waals surface area contributed by atoms with Crippen LogP contribution in [0.1, 0.15) is 13.3 Å². The smallest absolute Gasteiger partial charge is 0.0422 e. The highest BCUT2D eigenvalue weighted by molar-refractivity contribution is 5.07. The summed E-state index contributed by atoms with van der Waals surface area (Å²) in [4.78, 5) is 2.28. The van der Waals surface area contributed by atoms with Crippen molar-refractivity contribution in [1.82, 2.24) is 4.90 Å². The van der Waals surface area contributed by atoms with E-state index in [9.17, 15) is 0 Å². The Kier molecular flexibility index (Phi) is 1.50. The predicted octanol–water partition coefficient (Wildman–Crippen LogP) is 0.961. The first kappa shape index (κ1) is 6.64. The van der Waals surface area contributed by atoms with Gasteiger partial charge >= 0.3 is 0 Å². The van der Waals surface area contributed by atoms with E-state index >= 15 is 0 Å². The van der Waals surface area contributed by atoms with E-state index < -0.39 is 0 Å². The lowest BCUT2D eigenvalue weighted by Gasteiger charge is -2.14. The molecule has 1 unspecified atom stereocenters. The molecule has 1 aliphatic heterocycles. The first-order chi connectivity index (χ1) is 4.16. The van der Waals surface area contributed by atoms with Crippen LogP contribution in [0.15, 0.2) is 0 Å². The van der Waals surface area contributed by atoms with Crippen LogP contribution in [0.5, 0.6) is 0 Å². The molecule has 1 rings (SSSR count). The molecule has 1 nitrogen and oxygen atoms in total. The lowest BCUT2D eigenvalue weighted by Crippen LogP contribution is -2.19. The molecule has 50 valence electrons. The van der Waals surface area contributed by atoms with Crippen molar-refractivity contribution < 1.29 is 0 Å². The number of terminal acetylenes is 1. The molecule has 1 aliphatic rings. The van der Waals surface area contributed by atoms with Crippen molar-refractivity contribution in [2.24, 2.45) is 5.41 Å². The fourth-order valence-corrected chi connectivity index (χ4v) is 1.31. The maximum atomic E-state index is 5.35. The van der Waals surface area contributed by atoms with E-state index in [1.807, 2.05) is 0 Å². The van der Waals surface area contributed by atoms with Gasteiger partial charge in [0.1, 0.15) is 0 Å². The van der Waals surface area contributed by atoms with Gasteiger partial charge in [-0.1, -0.05) is 5.92 Å². The molecule has 1 heteroatoms. The molecule has 1 saturated heterocycles. The quantitative estimate of drug-likeness (QED) is 0.434. The number of rotatable bonds is 0. The number of hydrogen-bond donors (Lipinski definition) is 0. The molecule has 0 aliphatic carbocycles. The standard InChI is InChI=1S/C8H13N/c1-4-8(2)5-6-9(3)7-8/h1H,5-7H2,2-3H3. The SMILES string of the molecule is C#CC1(C)CCN(C)C1. The van der Waals surface area contributed by atoms with Gasteiger partial charge in [0, 0.05) is 12.0 Å². The third-order valence-electron chi connectivity index (χ3n) is 2.01. The van der Waals surface area contributed by atoms with Crippen molar-refractivity contribution in [3.63, 3.8) is 0 Å². The molecule has 0 aromatic carbocycles.